The number of nitriles is 2. The number of pyridine rings is 2. The second-order valence-electron chi connectivity index (χ2n) is 9.77. The van der Waals surface area contributed by atoms with Gasteiger partial charge >= 0.3 is 5.97 Å². The van der Waals surface area contributed by atoms with Crippen LogP contribution >= 0.6 is 0 Å². The fourth-order valence-corrected chi connectivity index (χ4v) is 3.84. The second kappa shape index (κ2) is 11.4. The molecule has 0 atom stereocenters. The van der Waals surface area contributed by atoms with E-state index in [2.05, 4.69) is 22.1 Å². The Kier molecular flexibility index (Phi) is 7.62. The Morgan fingerprint density at radius 3 is 1.82 bits per heavy atom. The molecule has 2 aliphatic rings. The van der Waals surface area contributed by atoms with Gasteiger partial charge in [0.05, 0.1) is 54.7 Å². The number of ether oxygens (including phenoxy) is 3. The summed E-state index contributed by atoms with van der Waals surface area (Å²) in [4.78, 5) is 19.3. The molecule has 4 heterocycles. The molecule has 11 nitrogen and oxygen atoms in total. The zero-order valence-electron chi connectivity index (χ0n) is 21.5. The maximum atomic E-state index is 10.8. The molecule has 0 spiro atoms. The number of carbonyl (C=O) groups excluding carboxylic acids is 1. The highest BCUT2D eigenvalue weighted by Gasteiger charge is 2.23. The molecule has 0 unspecified atom stereocenters. The number of rotatable bonds is 9. The number of aliphatic hydroxyl groups is 1. The van der Waals surface area contributed by atoms with Crippen molar-refractivity contribution in [2.24, 2.45) is 11.8 Å². The zero-order valence-corrected chi connectivity index (χ0v) is 21.5. The van der Waals surface area contributed by atoms with Crippen LogP contribution in [-0.2, 0) is 22.7 Å². The van der Waals surface area contributed by atoms with E-state index >= 15 is 0 Å². The van der Waals surface area contributed by atoms with Crippen LogP contribution in [0.25, 0.3) is 11.3 Å². The van der Waals surface area contributed by atoms with E-state index in [4.69, 9.17) is 24.6 Å². The molecule has 0 bridgehead atoms. The smallest absolute Gasteiger partial charge is 0.303 e. The van der Waals surface area contributed by atoms with Crippen molar-refractivity contribution in [1.82, 2.24) is 18.8 Å². The summed E-state index contributed by atoms with van der Waals surface area (Å²) in [5.41, 5.74) is 3.44. The third kappa shape index (κ3) is 6.64. The van der Waals surface area contributed by atoms with Gasteiger partial charge in [-0.1, -0.05) is 0 Å². The third-order valence-corrected chi connectivity index (χ3v) is 6.38. The highest BCUT2D eigenvalue weighted by atomic mass is 16.5. The van der Waals surface area contributed by atoms with E-state index in [-0.39, 0.29) is 19.2 Å². The average Bonchev–Trinajstić information content (AvgIpc) is 3.87. The molecular formula is C28H28N6O5. The summed E-state index contributed by atoms with van der Waals surface area (Å²) in [5.74, 6) is 2.06. The van der Waals surface area contributed by atoms with E-state index in [0.717, 1.165) is 0 Å². The van der Waals surface area contributed by atoms with E-state index in [1.165, 1.54) is 32.6 Å². The molecule has 4 aromatic rings. The Balaban J connectivity index is 0.000000160. The number of hydrogen-bond acceptors (Lipinski definition) is 9. The van der Waals surface area contributed by atoms with Crippen LogP contribution < -0.4 is 9.47 Å². The normalized spacial score (nSPS) is 14.3. The van der Waals surface area contributed by atoms with Crippen molar-refractivity contribution in [2.45, 2.75) is 45.8 Å². The number of fused-ring (bicyclic) bond motifs is 2. The maximum absolute atomic E-state index is 10.8. The Labute approximate surface area is 224 Å². The summed E-state index contributed by atoms with van der Waals surface area (Å²) in [6, 6.07) is 7.61. The average molecular weight is 529 g/mol. The SMILES string of the molecule is CC(=O)OCc1cn2cc(OCC3CC3)c(C#N)cc2n1.N#Cc1cc2nc(CO)cn2cc1OCC1CC1. The molecule has 2 saturated carbocycles. The van der Waals surface area contributed by atoms with Crippen LogP contribution in [0.3, 0.4) is 0 Å². The van der Waals surface area contributed by atoms with Crippen molar-refractivity contribution in [3.8, 4) is 23.6 Å². The summed E-state index contributed by atoms with van der Waals surface area (Å²) >= 11 is 0. The minimum absolute atomic E-state index is 0.109. The molecule has 200 valence electrons. The zero-order chi connectivity index (χ0) is 27.4. The van der Waals surface area contributed by atoms with Crippen LogP contribution in [-0.4, -0.2) is 43.1 Å². The summed E-state index contributed by atoms with van der Waals surface area (Å²) in [5, 5.41) is 27.4. The highest BCUT2D eigenvalue weighted by Crippen LogP contribution is 2.31. The summed E-state index contributed by atoms with van der Waals surface area (Å²) in [7, 11) is 0. The lowest BCUT2D eigenvalue weighted by atomic mass is 10.2. The van der Waals surface area contributed by atoms with Gasteiger partial charge in [0, 0.05) is 31.5 Å². The van der Waals surface area contributed by atoms with Crippen molar-refractivity contribution in [3.63, 3.8) is 0 Å². The monoisotopic (exact) mass is 528 g/mol. The molecule has 2 aliphatic carbocycles. The van der Waals surface area contributed by atoms with Gasteiger partial charge in [0.2, 0.25) is 0 Å². The first-order valence-electron chi connectivity index (χ1n) is 12.8. The molecule has 1 N–H and O–H groups in total. The van der Waals surface area contributed by atoms with Crippen LogP contribution in [0.15, 0.2) is 36.9 Å². The molecule has 0 amide bonds. The summed E-state index contributed by atoms with van der Waals surface area (Å²) in [6.45, 7) is 2.68. The van der Waals surface area contributed by atoms with Gasteiger partial charge in [-0.2, -0.15) is 10.5 Å². The Bertz CT molecular complexity index is 1590. The molecule has 0 radical (unpaired) electrons. The number of aromatic nitrogens is 4. The van der Waals surface area contributed by atoms with Crippen molar-refractivity contribution < 1.29 is 24.1 Å². The van der Waals surface area contributed by atoms with Crippen molar-refractivity contribution in [2.75, 3.05) is 13.2 Å². The van der Waals surface area contributed by atoms with Crippen LogP contribution in [0.5, 0.6) is 11.5 Å². The first kappa shape index (κ1) is 26.0. The molecule has 11 heteroatoms. The van der Waals surface area contributed by atoms with Crippen LogP contribution in [0, 0.1) is 34.5 Å². The van der Waals surface area contributed by atoms with Gasteiger partial charge in [-0.15, -0.1) is 0 Å². The van der Waals surface area contributed by atoms with E-state index < -0.39 is 0 Å². The van der Waals surface area contributed by atoms with E-state index in [1.54, 1.807) is 45.7 Å². The lowest BCUT2D eigenvalue weighted by Gasteiger charge is -2.07. The lowest BCUT2D eigenvalue weighted by molar-refractivity contribution is -0.142. The summed E-state index contributed by atoms with van der Waals surface area (Å²) < 4.78 is 19.9. The third-order valence-electron chi connectivity index (χ3n) is 6.38. The van der Waals surface area contributed by atoms with Gasteiger partial charge in [-0.05, 0) is 37.5 Å². The molecule has 0 aromatic carbocycles. The lowest BCUT2D eigenvalue weighted by Crippen LogP contribution is -2.02. The van der Waals surface area contributed by atoms with Crippen molar-refractivity contribution in [1.29, 1.82) is 10.5 Å². The Morgan fingerprint density at radius 1 is 0.897 bits per heavy atom. The first-order valence-corrected chi connectivity index (χ1v) is 12.8. The molecule has 4 aromatic heterocycles. The largest absolute Gasteiger partial charge is 0.490 e. The van der Waals surface area contributed by atoms with Gasteiger partial charge in [-0.3, -0.25) is 4.79 Å². The minimum atomic E-state index is -0.349. The number of hydrogen-bond donors (Lipinski definition) is 1. The first-order chi connectivity index (χ1) is 18.9. The number of imidazole rings is 2. The predicted octanol–water partition coefficient (Wildman–Crippen LogP) is 3.54. The van der Waals surface area contributed by atoms with Crippen LogP contribution in [0.4, 0.5) is 0 Å². The number of aliphatic hydroxyl groups excluding tert-OH is 1. The topological polar surface area (TPSA) is 147 Å². The molecule has 0 saturated heterocycles. The maximum Gasteiger partial charge on any atom is 0.303 e. The van der Waals surface area contributed by atoms with Gasteiger partial charge in [-0.25, -0.2) is 9.97 Å². The van der Waals surface area contributed by atoms with Gasteiger partial charge < -0.3 is 28.1 Å². The molecular weight excluding hydrogens is 500 g/mol. The predicted molar refractivity (Wildman–Crippen MR) is 138 cm³/mol. The fourth-order valence-electron chi connectivity index (χ4n) is 3.84. The number of esters is 1. The highest BCUT2D eigenvalue weighted by molar-refractivity contribution is 5.66. The fraction of sp³-hybridized carbons (Fsp3) is 0.393. The van der Waals surface area contributed by atoms with Gasteiger partial charge in [0.15, 0.2) is 11.5 Å². The standard InChI is InChI=1S/C15H15N3O3.C13H13N3O2/c1-10(19)20-9-13-6-18-7-14(21-8-11-2-3-11)12(5-16)4-15(18)17-13;14-4-10-3-13-15-11(7-17)5-16(13)6-12(10)18-8-9-1-2-9/h4,6-7,11H,2-3,8-9H2,1H3;3,5-6,9,17H,1-2,7-8H2. The minimum Gasteiger partial charge on any atom is -0.490 e. The number of carbonyl (C=O) groups is 1. The van der Waals surface area contributed by atoms with E-state index in [1.807, 2.05) is 0 Å². The van der Waals surface area contributed by atoms with Crippen LogP contribution in [0.1, 0.15) is 55.1 Å². The van der Waals surface area contributed by atoms with Crippen molar-refractivity contribution >= 4 is 17.3 Å². The quantitative estimate of drug-likeness (QED) is 0.322. The second-order valence-corrected chi connectivity index (χ2v) is 9.77. The molecule has 2 fully saturated rings. The molecule has 39 heavy (non-hydrogen) atoms. The van der Waals surface area contributed by atoms with E-state index in [0.29, 0.717) is 70.4 Å². The van der Waals surface area contributed by atoms with Crippen LogP contribution in [0.2, 0.25) is 0 Å². The van der Waals surface area contributed by atoms with Gasteiger partial charge in [0.25, 0.3) is 0 Å². The van der Waals surface area contributed by atoms with Gasteiger partial charge in [0.1, 0.15) is 30.0 Å². The summed E-state index contributed by atoms with van der Waals surface area (Å²) in [6.07, 6.45) is 11.8. The molecule has 6 rings (SSSR count). The Hall–Kier alpha value is -4.61. The Morgan fingerprint density at radius 2 is 1.38 bits per heavy atom. The molecule has 0 aliphatic heterocycles. The van der Waals surface area contributed by atoms with E-state index in [9.17, 15) is 10.1 Å². The number of nitrogens with zero attached hydrogens (tertiary/aromatic N) is 6. The van der Waals surface area contributed by atoms with Crippen molar-refractivity contribution in [3.05, 3.63) is 59.4 Å².